The van der Waals surface area contributed by atoms with E-state index in [0.29, 0.717) is 11.3 Å². The Labute approximate surface area is 175 Å². The Bertz CT molecular complexity index is 1080. The van der Waals surface area contributed by atoms with Gasteiger partial charge in [0.15, 0.2) is 0 Å². The molecule has 3 rings (SSSR count). The second kappa shape index (κ2) is 8.99. The lowest BCUT2D eigenvalue weighted by Gasteiger charge is -2.10. The first-order valence-electron chi connectivity index (χ1n) is 9.25. The van der Waals surface area contributed by atoms with Crippen LogP contribution in [-0.4, -0.2) is 41.0 Å². The van der Waals surface area contributed by atoms with E-state index in [1.165, 1.54) is 17.0 Å². The van der Waals surface area contributed by atoms with Crippen molar-refractivity contribution >= 4 is 17.5 Å². The lowest BCUT2D eigenvalue weighted by molar-refractivity contribution is -0.137. The molecule has 0 aliphatic rings. The van der Waals surface area contributed by atoms with E-state index in [-0.39, 0.29) is 42.0 Å². The van der Waals surface area contributed by atoms with Gasteiger partial charge < -0.3 is 14.6 Å². The van der Waals surface area contributed by atoms with Crippen LogP contribution < -0.4 is 5.32 Å². The molecule has 10 heteroatoms. The lowest BCUT2D eigenvalue weighted by atomic mass is 10.1. The van der Waals surface area contributed by atoms with Crippen LogP contribution in [0.2, 0.25) is 0 Å². The van der Waals surface area contributed by atoms with Crippen LogP contribution in [0, 0.1) is 0 Å². The van der Waals surface area contributed by atoms with E-state index >= 15 is 0 Å². The van der Waals surface area contributed by atoms with Crippen LogP contribution >= 0.6 is 0 Å². The molecule has 0 saturated carbocycles. The number of rotatable bonds is 6. The van der Waals surface area contributed by atoms with Gasteiger partial charge in [-0.3, -0.25) is 9.59 Å². The fraction of sp³-hybridized carbons (Fsp3) is 0.238. The van der Waals surface area contributed by atoms with Crippen LogP contribution in [0.15, 0.2) is 52.9 Å². The Morgan fingerprint density at radius 2 is 1.77 bits per heavy atom. The highest BCUT2D eigenvalue weighted by Crippen LogP contribution is 2.31. The van der Waals surface area contributed by atoms with Crippen molar-refractivity contribution in [3.8, 4) is 11.5 Å². The highest BCUT2D eigenvalue weighted by Gasteiger charge is 2.30. The van der Waals surface area contributed by atoms with Crippen molar-refractivity contribution in [1.82, 2.24) is 15.1 Å². The molecule has 0 bridgehead atoms. The number of alkyl halides is 3. The molecule has 0 saturated heterocycles. The van der Waals surface area contributed by atoms with Crippen molar-refractivity contribution in [2.45, 2.75) is 19.0 Å². The predicted octanol–water partition coefficient (Wildman–Crippen LogP) is 4.03. The minimum atomic E-state index is -4.48. The number of carbonyl (C=O) groups excluding carboxylic acids is 2. The van der Waals surface area contributed by atoms with Gasteiger partial charge >= 0.3 is 6.18 Å². The largest absolute Gasteiger partial charge is 0.421 e. The number of carbonyl (C=O) groups is 2. The van der Waals surface area contributed by atoms with Gasteiger partial charge in [0.2, 0.25) is 17.7 Å². The van der Waals surface area contributed by atoms with E-state index in [1.807, 2.05) is 0 Å². The van der Waals surface area contributed by atoms with Crippen molar-refractivity contribution < 1.29 is 27.2 Å². The second-order valence-corrected chi connectivity index (χ2v) is 6.90. The third kappa shape index (κ3) is 5.68. The van der Waals surface area contributed by atoms with E-state index in [1.54, 1.807) is 38.4 Å². The molecule has 0 aliphatic heterocycles. The minimum Gasteiger partial charge on any atom is -0.421 e. The minimum absolute atomic E-state index is 0.0304. The Balaban J connectivity index is 1.57. The monoisotopic (exact) mass is 432 g/mol. The number of hydrogen-bond acceptors (Lipinski definition) is 5. The molecule has 2 aromatic carbocycles. The van der Waals surface area contributed by atoms with Crippen LogP contribution in [0.5, 0.6) is 0 Å². The second-order valence-electron chi connectivity index (χ2n) is 6.90. The fourth-order valence-corrected chi connectivity index (χ4v) is 2.70. The van der Waals surface area contributed by atoms with Gasteiger partial charge in [-0.1, -0.05) is 6.07 Å². The van der Waals surface area contributed by atoms with Gasteiger partial charge in [-0.15, -0.1) is 10.2 Å². The molecule has 0 atom stereocenters. The Morgan fingerprint density at radius 3 is 2.42 bits per heavy atom. The van der Waals surface area contributed by atoms with E-state index in [2.05, 4.69) is 15.5 Å². The van der Waals surface area contributed by atoms with Crippen LogP contribution in [-0.2, 0) is 17.4 Å². The maximum Gasteiger partial charge on any atom is 0.416 e. The summed E-state index contributed by atoms with van der Waals surface area (Å²) in [5.41, 5.74) is 0.347. The predicted molar refractivity (Wildman–Crippen MR) is 106 cm³/mol. The Hall–Kier alpha value is -3.69. The summed E-state index contributed by atoms with van der Waals surface area (Å²) >= 11 is 0. The molecule has 3 aromatic rings. The van der Waals surface area contributed by atoms with Crippen molar-refractivity contribution in [2.75, 3.05) is 19.4 Å². The van der Waals surface area contributed by atoms with Crippen molar-refractivity contribution in [2.24, 2.45) is 0 Å². The molecule has 0 spiro atoms. The summed E-state index contributed by atoms with van der Waals surface area (Å²) in [6.07, 6.45) is -4.33. The molecule has 1 aromatic heterocycles. The highest BCUT2D eigenvalue weighted by molar-refractivity contribution is 5.95. The SMILES string of the molecule is CN(C)C(=O)c1ccc(NC(=O)CCc2nnc(-c3cccc(C(F)(F)F)c3)o2)cc1. The molecule has 162 valence electrons. The van der Waals surface area contributed by atoms with Crippen LogP contribution in [0.4, 0.5) is 18.9 Å². The summed E-state index contributed by atoms with van der Waals surface area (Å²) in [5, 5.41) is 10.2. The van der Waals surface area contributed by atoms with Gasteiger partial charge in [-0.2, -0.15) is 13.2 Å². The van der Waals surface area contributed by atoms with Crippen molar-refractivity contribution in [1.29, 1.82) is 0 Å². The summed E-state index contributed by atoms with van der Waals surface area (Å²) in [6, 6.07) is 11.0. The summed E-state index contributed by atoms with van der Waals surface area (Å²) in [6.45, 7) is 0. The Kier molecular flexibility index (Phi) is 6.38. The molecule has 2 amide bonds. The van der Waals surface area contributed by atoms with E-state index in [0.717, 1.165) is 12.1 Å². The third-order valence-corrected chi connectivity index (χ3v) is 4.29. The number of nitrogens with one attached hydrogen (secondary N) is 1. The number of halogens is 3. The van der Waals surface area contributed by atoms with Crippen molar-refractivity contribution in [3.05, 3.63) is 65.5 Å². The molecule has 31 heavy (non-hydrogen) atoms. The average Bonchev–Trinajstić information content (AvgIpc) is 3.21. The zero-order valence-electron chi connectivity index (χ0n) is 16.7. The van der Waals surface area contributed by atoms with Crippen LogP contribution in [0.3, 0.4) is 0 Å². The molecule has 0 unspecified atom stereocenters. The smallest absolute Gasteiger partial charge is 0.416 e. The third-order valence-electron chi connectivity index (χ3n) is 4.29. The maximum atomic E-state index is 12.8. The molecule has 7 nitrogen and oxygen atoms in total. The lowest BCUT2D eigenvalue weighted by Crippen LogP contribution is -2.21. The van der Waals surface area contributed by atoms with Gasteiger partial charge in [0, 0.05) is 43.8 Å². The van der Waals surface area contributed by atoms with Gasteiger partial charge in [0.05, 0.1) is 5.56 Å². The van der Waals surface area contributed by atoms with E-state index in [9.17, 15) is 22.8 Å². The average molecular weight is 432 g/mol. The molecule has 0 fully saturated rings. The first-order chi connectivity index (χ1) is 14.6. The van der Waals surface area contributed by atoms with Gasteiger partial charge in [0.1, 0.15) is 0 Å². The summed E-state index contributed by atoms with van der Waals surface area (Å²) in [5.74, 6) is -0.381. The number of amides is 2. The normalized spacial score (nSPS) is 11.3. The summed E-state index contributed by atoms with van der Waals surface area (Å²) in [4.78, 5) is 25.5. The topological polar surface area (TPSA) is 88.3 Å². The first-order valence-corrected chi connectivity index (χ1v) is 9.25. The number of benzene rings is 2. The standard InChI is InChI=1S/C21H19F3N4O3/c1-28(2)20(30)13-6-8-16(9-7-13)25-17(29)10-11-18-26-27-19(31-18)14-4-3-5-15(12-14)21(22,23)24/h3-9,12H,10-11H2,1-2H3,(H,25,29). The summed E-state index contributed by atoms with van der Waals surface area (Å²) < 4.78 is 43.9. The zero-order chi connectivity index (χ0) is 22.6. The molecule has 1 N–H and O–H groups in total. The molecule has 0 radical (unpaired) electrons. The quantitative estimate of drug-likeness (QED) is 0.636. The van der Waals surface area contributed by atoms with Gasteiger partial charge in [0.25, 0.3) is 5.91 Å². The number of anilines is 1. The van der Waals surface area contributed by atoms with Crippen molar-refractivity contribution in [3.63, 3.8) is 0 Å². The molecular weight excluding hydrogens is 413 g/mol. The number of nitrogens with zero attached hydrogens (tertiary/aromatic N) is 3. The number of hydrogen-bond donors (Lipinski definition) is 1. The van der Waals surface area contributed by atoms with E-state index < -0.39 is 11.7 Å². The summed E-state index contributed by atoms with van der Waals surface area (Å²) in [7, 11) is 3.29. The van der Waals surface area contributed by atoms with Crippen LogP contribution in [0.1, 0.15) is 28.2 Å². The zero-order valence-corrected chi connectivity index (χ0v) is 16.7. The number of aromatic nitrogens is 2. The highest BCUT2D eigenvalue weighted by atomic mass is 19.4. The number of aryl methyl sites for hydroxylation is 1. The molecule has 0 aliphatic carbocycles. The maximum absolute atomic E-state index is 12.8. The van der Waals surface area contributed by atoms with Gasteiger partial charge in [-0.05, 0) is 42.5 Å². The van der Waals surface area contributed by atoms with E-state index in [4.69, 9.17) is 4.42 Å². The molecular formula is C21H19F3N4O3. The van der Waals surface area contributed by atoms with Crippen LogP contribution in [0.25, 0.3) is 11.5 Å². The first kappa shape index (κ1) is 22.0. The fourth-order valence-electron chi connectivity index (χ4n) is 2.70. The van der Waals surface area contributed by atoms with Gasteiger partial charge in [-0.25, -0.2) is 0 Å². The molecule has 1 heterocycles. The Morgan fingerprint density at radius 1 is 1.06 bits per heavy atom.